The average molecular weight is 414 g/mol. The number of hydrogen-bond donors (Lipinski definition) is 1. The average Bonchev–Trinajstić information content (AvgIpc) is 2.68. The molecule has 8 nitrogen and oxygen atoms in total. The van der Waals surface area contributed by atoms with Crippen LogP contribution >= 0.6 is 0 Å². The summed E-state index contributed by atoms with van der Waals surface area (Å²) in [7, 11) is -0.498. The van der Waals surface area contributed by atoms with Gasteiger partial charge in [0.2, 0.25) is 5.91 Å². The Morgan fingerprint density at radius 2 is 1.89 bits per heavy atom. The molecule has 1 atom stereocenters. The van der Waals surface area contributed by atoms with Crippen LogP contribution in [-0.2, 0) is 21.5 Å². The molecule has 1 amide bonds. The van der Waals surface area contributed by atoms with Crippen molar-refractivity contribution >= 4 is 16.1 Å². The Balaban J connectivity index is 1.99. The molecule has 1 aromatic rings. The number of ether oxygens (including phenoxy) is 2. The molecule has 0 spiro atoms. The SMILES string of the molecule is CCOc1ccc(CNC(=O)C2CCCN(S(=O)(=O)N(C)C)C2)cc1OCC. The van der Waals surface area contributed by atoms with E-state index in [0.717, 1.165) is 5.56 Å². The second-order valence-corrected chi connectivity index (χ2v) is 8.99. The van der Waals surface area contributed by atoms with Crippen molar-refractivity contribution in [2.45, 2.75) is 33.2 Å². The van der Waals surface area contributed by atoms with E-state index in [1.807, 2.05) is 32.0 Å². The zero-order chi connectivity index (χ0) is 20.7. The predicted octanol–water partition coefficient (Wildman–Crippen LogP) is 1.62. The summed E-state index contributed by atoms with van der Waals surface area (Å²) in [5.41, 5.74) is 0.897. The Hall–Kier alpha value is -1.84. The van der Waals surface area contributed by atoms with Gasteiger partial charge in [-0.25, -0.2) is 0 Å². The first-order valence-corrected chi connectivity index (χ1v) is 11.0. The van der Waals surface area contributed by atoms with E-state index < -0.39 is 10.2 Å². The van der Waals surface area contributed by atoms with Crippen LogP contribution in [0, 0.1) is 5.92 Å². The van der Waals surface area contributed by atoms with Crippen LogP contribution in [0.2, 0.25) is 0 Å². The minimum atomic E-state index is -3.50. The van der Waals surface area contributed by atoms with Crippen LogP contribution in [0.4, 0.5) is 0 Å². The monoisotopic (exact) mass is 413 g/mol. The van der Waals surface area contributed by atoms with Crippen molar-refractivity contribution < 1.29 is 22.7 Å². The highest BCUT2D eigenvalue weighted by atomic mass is 32.2. The lowest BCUT2D eigenvalue weighted by Crippen LogP contribution is -2.48. The summed E-state index contributed by atoms with van der Waals surface area (Å²) in [6.07, 6.45) is 1.35. The fourth-order valence-electron chi connectivity index (χ4n) is 3.14. The summed E-state index contributed by atoms with van der Waals surface area (Å²) in [5, 5.41) is 2.92. The van der Waals surface area contributed by atoms with E-state index in [0.29, 0.717) is 50.6 Å². The zero-order valence-corrected chi connectivity index (χ0v) is 17.9. The van der Waals surface area contributed by atoms with Crippen molar-refractivity contribution in [1.29, 1.82) is 0 Å². The van der Waals surface area contributed by atoms with Crippen molar-refractivity contribution in [3.63, 3.8) is 0 Å². The van der Waals surface area contributed by atoms with Crippen molar-refractivity contribution in [3.8, 4) is 11.5 Å². The molecular formula is C19H31N3O5S. The normalized spacial score (nSPS) is 18.1. The second kappa shape index (κ2) is 10.1. The molecule has 0 aliphatic carbocycles. The van der Waals surface area contributed by atoms with Crippen molar-refractivity contribution in [1.82, 2.24) is 13.9 Å². The number of hydrogen-bond acceptors (Lipinski definition) is 5. The molecule has 28 heavy (non-hydrogen) atoms. The highest BCUT2D eigenvalue weighted by molar-refractivity contribution is 7.86. The summed E-state index contributed by atoms with van der Waals surface area (Å²) in [5.74, 6) is 0.844. The quantitative estimate of drug-likeness (QED) is 0.665. The van der Waals surface area contributed by atoms with Crippen molar-refractivity contribution in [2.24, 2.45) is 5.92 Å². The molecule has 2 rings (SSSR count). The maximum atomic E-state index is 12.6. The van der Waals surface area contributed by atoms with Gasteiger partial charge in [0.15, 0.2) is 11.5 Å². The highest BCUT2D eigenvalue weighted by Gasteiger charge is 2.33. The maximum absolute atomic E-state index is 12.6. The Labute approximate surface area is 168 Å². The van der Waals surface area contributed by atoms with E-state index in [-0.39, 0.29) is 18.4 Å². The number of amides is 1. The van der Waals surface area contributed by atoms with Crippen LogP contribution in [-0.4, -0.2) is 63.3 Å². The maximum Gasteiger partial charge on any atom is 0.281 e. The standard InChI is InChI=1S/C19H31N3O5S/c1-5-26-17-10-9-15(12-18(17)27-6-2)13-20-19(23)16-8-7-11-22(14-16)28(24,25)21(3)4/h9-10,12,16H,5-8,11,13-14H2,1-4H3,(H,20,23). The fraction of sp³-hybridized carbons (Fsp3) is 0.632. The molecule has 0 aromatic heterocycles. The van der Waals surface area contributed by atoms with E-state index in [1.165, 1.54) is 22.7 Å². The van der Waals surface area contributed by atoms with Gasteiger partial charge >= 0.3 is 0 Å². The summed E-state index contributed by atoms with van der Waals surface area (Å²) < 4.78 is 38.3. The summed E-state index contributed by atoms with van der Waals surface area (Å²) >= 11 is 0. The van der Waals surface area contributed by atoms with Gasteiger partial charge in [-0.3, -0.25) is 4.79 Å². The van der Waals surface area contributed by atoms with E-state index in [1.54, 1.807) is 0 Å². The molecule has 0 bridgehead atoms. The van der Waals surface area contributed by atoms with Crippen LogP contribution < -0.4 is 14.8 Å². The Morgan fingerprint density at radius 3 is 2.54 bits per heavy atom. The molecule has 158 valence electrons. The predicted molar refractivity (Wildman–Crippen MR) is 108 cm³/mol. The van der Waals surface area contributed by atoms with Crippen LogP contribution in [0.3, 0.4) is 0 Å². The minimum Gasteiger partial charge on any atom is -0.490 e. The third-order valence-electron chi connectivity index (χ3n) is 4.62. The van der Waals surface area contributed by atoms with E-state index in [4.69, 9.17) is 9.47 Å². The van der Waals surface area contributed by atoms with Gasteiger partial charge in [-0.15, -0.1) is 0 Å². The first-order chi connectivity index (χ1) is 13.3. The minimum absolute atomic E-state index is 0.134. The first-order valence-electron chi connectivity index (χ1n) is 9.63. The Morgan fingerprint density at radius 1 is 1.21 bits per heavy atom. The van der Waals surface area contributed by atoms with Gasteiger partial charge in [0, 0.05) is 33.7 Å². The molecule has 1 aromatic carbocycles. The van der Waals surface area contributed by atoms with Gasteiger partial charge < -0.3 is 14.8 Å². The fourth-order valence-corrected chi connectivity index (χ4v) is 4.33. The number of nitrogens with one attached hydrogen (secondary N) is 1. The highest BCUT2D eigenvalue weighted by Crippen LogP contribution is 2.28. The lowest BCUT2D eigenvalue weighted by Gasteiger charge is -2.32. The van der Waals surface area contributed by atoms with Gasteiger partial charge in [-0.2, -0.15) is 17.0 Å². The summed E-state index contributed by atoms with van der Waals surface area (Å²) in [6.45, 7) is 5.88. The van der Waals surface area contributed by atoms with Gasteiger partial charge in [-0.1, -0.05) is 6.07 Å². The zero-order valence-electron chi connectivity index (χ0n) is 17.1. The second-order valence-electron chi connectivity index (χ2n) is 6.85. The van der Waals surface area contributed by atoms with Crippen molar-refractivity contribution in [3.05, 3.63) is 23.8 Å². The van der Waals surface area contributed by atoms with E-state index in [2.05, 4.69) is 5.32 Å². The number of piperidine rings is 1. The molecule has 0 saturated carbocycles. The molecule has 9 heteroatoms. The van der Waals surface area contributed by atoms with Crippen LogP contribution in [0.25, 0.3) is 0 Å². The van der Waals surface area contributed by atoms with Crippen LogP contribution in [0.5, 0.6) is 11.5 Å². The van der Waals surface area contributed by atoms with Gasteiger partial charge in [-0.05, 0) is 44.4 Å². The molecule has 1 aliphatic heterocycles. The Bertz CT molecular complexity index is 767. The van der Waals surface area contributed by atoms with Gasteiger partial charge in [0.05, 0.1) is 19.1 Å². The lowest BCUT2D eigenvalue weighted by atomic mass is 9.98. The van der Waals surface area contributed by atoms with Gasteiger partial charge in [0.1, 0.15) is 0 Å². The number of carbonyl (C=O) groups excluding carboxylic acids is 1. The van der Waals surface area contributed by atoms with Crippen molar-refractivity contribution in [2.75, 3.05) is 40.4 Å². The number of nitrogens with zero attached hydrogens (tertiary/aromatic N) is 2. The number of rotatable bonds is 9. The molecule has 1 aliphatic rings. The van der Waals surface area contributed by atoms with Gasteiger partial charge in [0.25, 0.3) is 10.2 Å². The van der Waals surface area contributed by atoms with E-state index in [9.17, 15) is 13.2 Å². The van der Waals surface area contributed by atoms with Crippen LogP contribution in [0.15, 0.2) is 18.2 Å². The van der Waals surface area contributed by atoms with Crippen LogP contribution in [0.1, 0.15) is 32.3 Å². The molecule has 1 N–H and O–H groups in total. The third kappa shape index (κ3) is 5.59. The third-order valence-corrected chi connectivity index (χ3v) is 6.52. The summed E-state index contributed by atoms with van der Waals surface area (Å²) in [4.78, 5) is 12.6. The largest absolute Gasteiger partial charge is 0.490 e. The molecule has 1 unspecified atom stereocenters. The molecule has 1 heterocycles. The smallest absolute Gasteiger partial charge is 0.281 e. The Kier molecular flexibility index (Phi) is 8.09. The molecule has 0 radical (unpaired) electrons. The number of carbonyl (C=O) groups is 1. The first kappa shape index (κ1) is 22.4. The molecular weight excluding hydrogens is 382 g/mol. The van der Waals surface area contributed by atoms with E-state index >= 15 is 0 Å². The topological polar surface area (TPSA) is 88.2 Å². The molecule has 1 saturated heterocycles. The lowest BCUT2D eigenvalue weighted by molar-refractivity contribution is -0.126. The summed E-state index contributed by atoms with van der Waals surface area (Å²) in [6, 6.07) is 5.58. The number of benzene rings is 1. The molecule has 1 fully saturated rings.